The zero-order valence-electron chi connectivity index (χ0n) is 17.4. The molecule has 1 amide bonds. The molecule has 7 heteroatoms. The fourth-order valence-electron chi connectivity index (χ4n) is 5.73. The molecule has 3 atom stereocenters. The number of halogens is 3. The van der Waals surface area contributed by atoms with Crippen LogP contribution in [0, 0.1) is 0 Å². The van der Waals surface area contributed by atoms with Crippen LogP contribution in [0.25, 0.3) is 10.8 Å². The average Bonchev–Trinajstić information content (AvgIpc) is 3.34. The summed E-state index contributed by atoms with van der Waals surface area (Å²) in [5.74, 6) is -0.109. The van der Waals surface area contributed by atoms with Gasteiger partial charge in [-0.15, -0.1) is 0 Å². The third kappa shape index (κ3) is 3.61. The van der Waals surface area contributed by atoms with Gasteiger partial charge in [-0.1, -0.05) is 37.1 Å². The van der Waals surface area contributed by atoms with Crippen LogP contribution in [0.4, 0.5) is 13.2 Å². The van der Waals surface area contributed by atoms with Gasteiger partial charge >= 0.3 is 6.18 Å². The average molecular weight is 432 g/mol. The van der Waals surface area contributed by atoms with Gasteiger partial charge in [-0.25, -0.2) is 0 Å². The number of rotatable bonds is 3. The van der Waals surface area contributed by atoms with Gasteiger partial charge in [0, 0.05) is 18.7 Å². The molecule has 0 radical (unpaired) electrons. The van der Waals surface area contributed by atoms with E-state index in [-0.39, 0.29) is 24.9 Å². The Morgan fingerprint density at radius 2 is 1.77 bits per heavy atom. The predicted molar refractivity (Wildman–Crippen MR) is 112 cm³/mol. The minimum absolute atomic E-state index is 0.109. The lowest BCUT2D eigenvalue weighted by atomic mass is 9.91. The molecular weight excluding hydrogens is 405 g/mol. The highest BCUT2D eigenvalue weighted by Crippen LogP contribution is 2.39. The standard InChI is InChI=1S/C24H27F3N2O2/c25-24(26,27)22-10-5-11-28(22)13-15-12-18-19(17-7-2-1-6-16(15)17)14-29(23(18)31)20-8-3-4-9-21(20)30/h1-2,6-7,12,20-22,30H,3-5,8-11,13-14H2. The largest absolute Gasteiger partial charge is 0.404 e. The number of hydrogen-bond acceptors (Lipinski definition) is 3. The summed E-state index contributed by atoms with van der Waals surface area (Å²) in [6.45, 7) is 1.03. The highest BCUT2D eigenvalue weighted by atomic mass is 19.4. The molecule has 166 valence electrons. The molecule has 1 N–H and O–H groups in total. The van der Waals surface area contributed by atoms with Gasteiger partial charge < -0.3 is 10.0 Å². The van der Waals surface area contributed by atoms with E-state index >= 15 is 0 Å². The fraction of sp³-hybridized carbons (Fsp3) is 0.542. The maximum atomic E-state index is 13.5. The maximum Gasteiger partial charge on any atom is 0.404 e. The molecule has 2 heterocycles. The number of nitrogens with zero attached hydrogens (tertiary/aromatic N) is 2. The van der Waals surface area contributed by atoms with Crippen LogP contribution >= 0.6 is 0 Å². The third-order valence-electron chi connectivity index (χ3n) is 7.27. The Hall–Kier alpha value is -2.12. The molecule has 1 aliphatic carbocycles. The highest BCUT2D eigenvalue weighted by Gasteiger charge is 2.46. The first-order chi connectivity index (χ1) is 14.8. The van der Waals surface area contributed by atoms with Crippen molar-refractivity contribution in [3.8, 4) is 0 Å². The van der Waals surface area contributed by atoms with Crippen LogP contribution in [-0.2, 0) is 13.1 Å². The first-order valence-corrected chi connectivity index (χ1v) is 11.2. The van der Waals surface area contributed by atoms with Gasteiger partial charge in [0.25, 0.3) is 5.91 Å². The molecule has 1 saturated heterocycles. The van der Waals surface area contributed by atoms with Gasteiger partial charge in [0.05, 0.1) is 12.1 Å². The number of hydrogen-bond donors (Lipinski definition) is 1. The van der Waals surface area contributed by atoms with Crippen molar-refractivity contribution in [1.82, 2.24) is 9.80 Å². The van der Waals surface area contributed by atoms with Crippen molar-refractivity contribution < 1.29 is 23.1 Å². The molecular formula is C24H27F3N2O2. The van der Waals surface area contributed by atoms with Crippen molar-refractivity contribution in [1.29, 1.82) is 0 Å². The van der Waals surface area contributed by atoms with Crippen molar-refractivity contribution in [2.24, 2.45) is 0 Å². The van der Waals surface area contributed by atoms with Crippen LogP contribution in [0.1, 0.15) is 60.0 Å². The number of aliphatic hydroxyl groups is 1. The summed E-state index contributed by atoms with van der Waals surface area (Å²) >= 11 is 0. The molecule has 2 aromatic rings. The lowest BCUT2D eigenvalue weighted by Gasteiger charge is -2.35. The number of aliphatic hydroxyl groups excluding tert-OH is 1. The Morgan fingerprint density at radius 1 is 1.03 bits per heavy atom. The lowest BCUT2D eigenvalue weighted by molar-refractivity contribution is -0.177. The molecule has 3 aliphatic rings. The Morgan fingerprint density at radius 3 is 2.52 bits per heavy atom. The van der Waals surface area contributed by atoms with Crippen molar-refractivity contribution in [3.05, 3.63) is 47.0 Å². The summed E-state index contributed by atoms with van der Waals surface area (Å²) < 4.78 is 40.4. The second-order valence-electron chi connectivity index (χ2n) is 9.13. The Balaban J connectivity index is 1.52. The molecule has 31 heavy (non-hydrogen) atoms. The van der Waals surface area contributed by atoms with Gasteiger partial charge in [-0.3, -0.25) is 9.69 Å². The van der Waals surface area contributed by atoms with E-state index in [0.29, 0.717) is 31.5 Å². The van der Waals surface area contributed by atoms with Crippen LogP contribution < -0.4 is 0 Å². The number of carbonyl (C=O) groups is 1. The van der Waals surface area contributed by atoms with Gasteiger partial charge in [0.15, 0.2) is 0 Å². The first-order valence-electron chi connectivity index (χ1n) is 11.2. The number of amides is 1. The number of alkyl halides is 3. The smallest absolute Gasteiger partial charge is 0.391 e. The fourth-order valence-corrected chi connectivity index (χ4v) is 5.73. The van der Waals surface area contributed by atoms with Crippen LogP contribution in [0.15, 0.2) is 30.3 Å². The second kappa shape index (κ2) is 7.78. The molecule has 0 aromatic heterocycles. The van der Waals surface area contributed by atoms with E-state index in [0.717, 1.165) is 41.2 Å². The normalized spacial score (nSPS) is 27.3. The van der Waals surface area contributed by atoms with Gasteiger partial charge in [-0.05, 0) is 60.2 Å². The van der Waals surface area contributed by atoms with Crippen molar-refractivity contribution in [3.63, 3.8) is 0 Å². The molecule has 0 spiro atoms. The van der Waals surface area contributed by atoms with Gasteiger partial charge in [0.2, 0.25) is 0 Å². The summed E-state index contributed by atoms with van der Waals surface area (Å²) in [5, 5.41) is 12.3. The van der Waals surface area contributed by atoms with Crippen molar-refractivity contribution in [2.75, 3.05) is 6.54 Å². The minimum Gasteiger partial charge on any atom is -0.391 e. The monoisotopic (exact) mass is 432 g/mol. The molecule has 3 unspecified atom stereocenters. The summed E-state index contributed by atoms with van der Waals surface area (Å²) in [5.41, 5.74) is 2.27. The SMILES string of the molecule is O=C1c2cc(CN3CCCC3C(F)(F)F)c3ccccc3c2CN1C1CCCCC1O. The van der Waals surface area contributed by atoms with Crippen LogP contribution in [-0.4, -0.2) is 51.7 Å². The van der Waals surface area contributed by atoms with Gasteiger partial charge in [-0.2, -0.15) is 13.2 Å². The molecule has 1 saturated carbocycles. The van der Waals surface area contributed by atoms with E-state index in [9.17, 15) is 23.1 Å². The molecule has 0 bridgehead atoms. The van der Waals surface area contributed by atoms with Crippen molar-refractivity contribution in [2.45, 2.75) is 76.0 Å². The van der Waals surface area contributed by atoms with E-state index in [2.05, 4.69) is 0 Å². The molecule has 5 rings (SSSR count). The zero-order valence-corrected chi connectivity index (χ0v) is 17.4. The number of benzene rings is 2. The van der Waals surface area contributed by atoms with Crippen LogP contribution in [0.2, 0.25) is 0 Å². The number of fused-ring (bicyclic) bond motifs is 3. The van der Waals surface area contributed by atoms with E-state index in [4.69, 9.17) is 0 Å². The minimum atomic E-state index is -4.24. The van der Waals surface area contributed by atoms with E-state index in [1.807, 2.05) is 24.3 Å². The van der Waals surface area contributed by atoms with E-state index < -0.39 is 18.3 Å². The third-order valence-corrected chi connectivity index (χ3v) is 7.27. The summed E-state index contributed by atoms with van der Waals surface area (Å²) in [7, 11) is 0. The molecule has 2 aromatic carbocycles. The maximum absolute atomic E-state index is 13.5. The number of carbonyl (C=O) groups excluding carboxylic acids is 1. The quantitative estimate of drug-likeness (QED) is 0.770. The molecule has 4 nitrogen and oxygen atoms in total. The molecule has 2 fully saturated rings. The first kappa shape index (κ1) is 20.8. The lowest BCUT2D eigenvalue weighted by Crippen LogP contribution is -2.45. The molecule has 2 aliphatic heterocycles. The van der Waals surface area contributed by atoms with Crippen LogP contribution in [0.3, 0.4) is 0 Å². The predicted octanol–water partition coefficient (Wildman–Crippen LogP) is 4.63. The zero-order chi connectivity index (χ0) is 21.8. The Bertz CT molecular complexity index is 1010. The second-order valence-corrected chi connectivity index (χ2v) is 9.13. The van der Waals surface area contributed by atoms with E-state index in [1.54, 1.807) is 11.0 Å². The topological polar surface area (TPSA) is 43.8 Å². The Kier molecular flexibility index (Phi) is 5.21. The Labute approximate surface area is 179 Å². The summed E-state index contributed by atoms with van der Waals surface area (Å²) in [4.78, 5) is 16.6. The van der Waals surface area contributed by atoms with E-state index in [1.165, 1.54) is 4.90 Å². The van der Waals surface area contributed by atoms with Gasteiger partial charge in [0.1, 0.15) is 6.04 Å². The number of likely N-dealkylation sites (tertiary alicyclic amines) is 1. The summed E-state index contributed by atoms with van der Waals surface area (Å²) in [6, 6.07) is 7.88. The highest BCUT2D eigenvalue weighted by molar-refractivity contribution is 6.05. The van der Waals surface area contributed by atoms with Crippen LogP contribution in [0.5, 0.6) is 0 Å². The van der Waals surface area contributed by atoms with Crippen molar-refractivity contribution >= 4 is 16.7 Å². The summed E-state index contributed by atoms with van der Waals surface area (Å²) in [6.07, 6.45) is -0.672.